The van der Waals surface area contributed by atoms with Crippen molar-refractivity contribution in [2.75, 3.05) is 10.8 Å². The maximum atomic E-state index is 14.6. The van der Waals surface area contributed by atoms with Gasteiger partial charge in [-0.2, -0.15) is 0 Å². The van der Waals surface area contributed by atoms with Crippen molar-refractivity contribution < 1.29 is 22.7 Å². The molecule has 1 atom stereocenters. The van der Waals surface area contributed by atoms with Crippen LogP contribution in [0.1, 0.15) is 25.0 Å². The molecule has 252 valence electrons. The van der Waals surface area contributed by atoms with Gasteiger partial charge in [0.05, 0.1) is 10.6 Å². The van der Waals surface area contributed by atoms with E-state index in [1.54, 1.807) is 66.7 Å². The smallest absolute Gasteiger partial charge is 0.264 e. The highest BCUT2D eigenvalue weighted by molar-refractivity contribution is 7.92. The quantitative estimate of drug-likeness (QED) is 0.130. The van der Waals surface area contributed by atoms with Gasteiger partial charge in [0, 0.05) is 24.0 Å². The molecule has 5 rings (SSSR count). The zero-order valence-electron chi connectivity index (χ0n) is 27.3. The zero-order valence-corrected chi connectivity index (χ0v) is 28.8. The first-order chi connectivity index (χ1) is 23.6. The molecule has 0 radical (unpaired) electrons. The highest BCUT2D eigenvalue weighted by atomic mass is 35.5. The van der Waals surface area contributed by atoms with Crippen LogP contribution >= 0.6 is 11.6 Å². The molecular weight excluding hydrogens is 658 g/mol. The average Bonchev–Trinajstić information content (AvgIpc) is 3.11. The van der Waals surface area contributed by atoms with Crippen molar-refractivity contribution in [3.8, 4) is 11.5 Å². The summed E-state index contributed by atoms with van der Waals surface area (Å²) in [5.41, 5.74) is 1.84. The molecule has 0 heterocycles. The number of carbonyl (C=O) groups excluding carboxylic acids is 2. The number of halogens is 1. The van der Waals surface area contributed by atoms with Gasteiger partial charge in [0.1, 0.15) is 24.1 Å². The van der Waals surface area contributed by atoms with Crippen LogP contribution in [-0.2, 0) is 32.6 Å². The third-order valence-electron chi connectivity index (χ3n) is 7.68. The average molecular weight is 696 g/mol. The first kappa shape index (κ1) is 35.2. The van der Waals surface area contributed by atoms with E-state index in [2.05, 4.69) is 5.32 Å². The molecule has 0 fully saturated rings. The second-order valence-corrected chi connectivity index (χ2v) is 14.0. The monoisotopic (exact) mass is 695 g/mol. The number of nitrogens with zero attached hydrogens (tertiary/aromatic N) is 2. The summed E-state index contributed by atoms with van der Waals surface area (Å²) in [5, 5.41) is 3.49. The number of benzene rings is 5. The fourth-order valence-corrected chi connectivity index (χ4v) is 6.84. The Hall–Kier alpha value is -5.12. The molecule has 5 aromatic carbocycles. The molecule has 0 aliphatic heterocycles. The second-order valence-electron chi connectivity index (χ2n) is 11.8. The van der Waals surface area contributed by atoms with E-state index in [0.717, 1.165) is 15.4 Å². The summed E-state index contributed by atoms with van der Waals surface area (Å²) in [5.74, 6) is 0.220. The van der Waals surface area contributed by atoms with Crippen LogP contribution in [0.15, 0.2) is 144 Å². The van der Waals surface area contributed by atoms with Crippen molar-refractivity contribution in [1.82, 2.24) is 10.2 Å². The van der Waals surface area contributed by atoms with Gasteiger partial charge in [-0.1, -0.05) is 90.5 Å². The van der Waals surface area contributed by atoms with Crippen LogP contribution in [0.3, 0.4) is 0 Å². The first-order valence-electron chi connectivity index (χ1n) is 15.9. The van der Waals surface area contributed by atoms with E-state index in [1.165, 1.54) is 17.0 Å². The van der Waals surface area contributed by atoms with Crippen molar-refractivity contribution in [2.24, 2.45) is 0 Å². The number of hydrogen-bond donors (Lipinski definition) is 1. The molecule has 0 aromatic heterocycles. The normalized spacial score (nSPS) is 11.8. The first-order valence-corrected chi connectivity index (χ1v) is 17.7. The summed E-state index contributed by atoms with van der Waals surface area (Å²) < 4.78 is 35.5. The van der Waals surface area contributed by atoms with Gasteiger partial charge in [0.2, 0.25) is 11.8 Å². The SMILES string of the molecule is CC(C)NC(=O)[C@H](Cc1ccccc1)N(Cc1ccc(Cl)cc1)C(=O)CN(c1ccc(Oc2ccccc2)cc1)S(=O)(=O)c1ccccc1. The van der Waals surface area contributed by atoms with Crippen LogP contribution < -0.4 is 14.4 Å². The fourth-order valence-electron chi connectivity index (χ4n) is 5.27. The van der Waals surface area contributed by atoms with Crippen LogP contribution in [0, 0.1) is 0 Å². The van der Waals surface area contributed by atoms with E-state index in [0.29, 0.717) is 16.5 Å². The summed E-state index contributed by atoms with van der Waals surface area (Å²) in [6, 6.07) is 38.9. The Bertz CT molecular complexity index is 1920. The molecule has 2 amide bonds. The van der Waals surface area contributed by atoms with Crippen molar-refractivity contribution in [2.45, 2.75) is 43.8 Å². The van der Waals surface area contributed by atoms with Gasteiger partial charge in [0.15, 0.2) is 0 Å². The number of carbonyl (C=O) groups is 2. The molecular formula is C39H38ClN3O5S. The number of rotatable bonds is 14. The Kier molecular flexibility index (Phi) is 11.7. The Morgan fingerprint density at radius 1 is 0.714 bits per heavy atom. The van der Waals surface area contributed by atoms with E-state index < -0.39 is 28.5 Å². The molecule has 0 unspecified atom stereocenters. The van der Waals surface area contributed by atoms with E-state index in [-0.39, 0.29) is 35.5 Å². The number of anilines is 1. The summed E-state index contributed by atoms with van der Waals surface area (Å²) in [6.07, 6.45) is 0.218. The minimum absolute atomic E-state index is 0.0232. The lowest BCUT2D eigenvalue weighted by molar-refractivity contribution is -0.140. The highest BCUT2D eigenvalue weighted by Crippen LogP contribution is 2.29. The number of nitrogens with one attached hydrogen (secondary N) is 1. The molecule has 0 aliphatic carbocycles. The lowest BCUT2D eigenvalue weighted by Crippen LogP contribution is -2.54. The lowest BCUT2D eigenvalue weighted by Gasteiger charge is -2.34. The van der Waals surface area contributed by atoms with Gasteiger partial charge >= 0.3 is 0 Å². The third-order valence-corrected chi connectivity index (χ3v) is 9.72. The van der Waals surface area contributed by atoms with Crippen molar-refractivity contribution in [3.05, 3.63) is 156 Å². The lowest BCUT2D eigenvalue weighted by atomic mass is 10.0. The van der Waals surface area contributed by atoms with Crippen molar-refractivity contribution in [3.63, 3.8) is 0 Å². The Morgan fingerprint density at radius 3 is 1.86 bits per heavy atom. The Morgan fingerprint density at radius 2 is 1.27 bits per heavy atom. The van der Waals surface area contributed by atoms with Gasteiger partial charge in [-0.25, -0.2) is 8.42 Å². The predicted octanol–water partition coefficient (Wildman–Crippen LogP) is 7.49. The standard InChI is InChI=1S/C39H38ClN3O5S/c1-29(2)41-39(45)37(26-30-12-6-3-7-13-30)42(27-31-18-20-32(40)21-19-31)38(44)28-43(49(46,47)36-16-10-5-11-17-36)33-22-24-35(25-23-33)48-34-14-8-4-9-15-34/h3-25,29,37H,26-28H2,1-2H3,(H,41,45)/t37-/m0/s1. The molecule has 0 aliphatic rings. The topological polar surface area (TPSA) is 96.0 Å². The highest BCUT2D eigenvalue weighted by Gasteiger charge is 2.34. The molecule has 0 bridgehead atoms. The predicted molar refractivity (Wildman–Crippen MR) is 193 cm³/mol. The number of ether oxygens (including phenoxy) is 1. The largest absolute Gasteiger partial charge is 0.457 e. The maximum Gasteiger partial charge on any atom is 0.264 e. The Labute approximate surface area is 293 Å². The van der Waals surface area contributed by atoms with Crippen LogP contribution in [-0.4, -0.2) is 43.8 Å². The molecule has 0 saturated carbocycles. The second kappa shape index (κ2) is 16.3. The molecule has 10 heteroatoms. The van der Waals surface area contributed by atoms with E-state index in [4.69, 9.17) is 16.3 Å². The molecule has 49 heavy (non-hydrogen) atoms. The molecule has 0 spiro atoms. The van der Waals surface area contributed by atoms with Crippen molar-refractivity contribution >= 4 is 39.1 Å². The molecule has 1 N–H and O–H groups in total. The van der Waals surface area contributed by atoms with Crippen LogP contribution in [0.5, 0.6) is 11.5 Å². The van der Waals surface area contributed by atoms with Gasteiger partial charge in [-0.3, -0.25) is 13.9 Å². The van der Waals surface area contributed by atoms with Crippen LogP contribution in [0.4, 0.5) is 5.69 Å². The maximum absolute atomic E-state index is 14.6. The summed E-state index contributed by atoms with van der Waals surface area (Å²) in [7, 11) is -4.23. The van der Waals surface area contributed by atoms with Gasteiger partial charge < -0.3 is 15.0 Å². The zero-order chi connectivity index (χ0) is 34.8. The van der Waals surface area contributed by atoms with Crippen LogP contribution in [0.2, 0.25) is 5.02 Å². The van der Waals surface area contributed by atoms with E-state index in [1.807, 2.05) is 74.5 Å². The summed E-state index contributed by atoms with van der Waals surface area (Å²) in [4.78, 5) is 29.9. The number of sulfonamides is 1. The van der Waals surface area contributed by atoms with E-state index in [9.17, 15) is 18.0 Å². The molecule has 0 saturated heterocycles. The minimum atomic E-state index is -4.23. The summed E-state index contributed by atoms with van der Waals surface area (Å²) >= 11 is 6.16. The van der Waals surface area contributed by atoms with Gasteiger partial charge in [0.25, 0.3) is 10.0 Å². The van der Waals surface area contributed by atoms with Gasteiger partial charge in [-0.15, -0.1) is 0 Å². The summed E-state index contributed by atoms with van der Waals surface area (Å²) in [6.45, 7) is 3.18. The van der Waals surface area contributed by atoms with Crippen LogP contribution in [0.25, 0.3) is 0 Å². The number of para-hydroxylation sites is 1. The fraction of sp³-hybridized carbons (Fsp3) is 0.179. The van der Waals surface area contributed by atoms with Crippen molar-refractivity contribution in [1.29, 1.82) is 0 Å². The number of hydrogen-bond acceptors (Lipinski definition) is 5. The molecule has 5 aromatic rings. The van der Waals surface area contributed by atoms with Gasteiger partial charge in [-0.05, 0) is 85.6 Å². The third kappa shape index (κ3) is 9.49. The number of amides is 2. The van der Waals surface area contributed by atoms with E-state index >= 15 is 0 Å². The molecule has 8 nitrogen and oxygen atoms in total. The minimum Gasteiger partial charge on any atom is -0.457 e. The Balaban J connectivity index is 1.54.